The number of hydrogen-bond donors (Lipinski definition) is 2. The minimum atomic E-state index is -1.90. The van der Waals surface area contributed by atoms with Crippen LogP contribution in [0.2, 0.25) is 0 Å². The summed E-state index contributed by atoms with van der Waals surface area (Å²) in [4.78, 5) is 13.2. The Bertz CT molecular complexity index is 1580. The van der Waals surface area contributed by atoms with Crippen LogP contribution in [-0.2, 0) is 17.0 Å². The van der Waals surface area contributed by atoms with E-state index >= 15 is 0 Å². The van der Waals surface area contributed by atoms with Gasteiger partial charge in [0.25, 0.3) is 5.91 Å². The number of nitrogens with zero attached hydrogens (tertiary/aromatic N) is 1. The summed E-state index contributed by atoms with van der Waals surface area (Å²) in [5.41, 5.74) is 3.27. The Morgan fingerprint density at radius 3 is 1.97 bits per heavy atom. The van der Waals surface area contributed by atoms with E-state index in [9.17, 15) is 9.90 Å². The molecule has 0 aliphatic heterocycles. The number of rotatable bonds is 8. The Morgan fingerprint density at radius 2 is 1.36 bits per heavy atom. The highest BCUT2D eigenvalue weighted by Crippen LogP contribution is 2.35. The number of halogens is 2. The predicted molar refractivity (Wildman–Crippen MR) is 162 cm³/mol. The fourth-order valence-electron chi connectivity index (χ4n) is 4.31. The van der Waals surface area contributed by atoms with E-state index in [1.807, 2.05) is 36.4 Å². The lowest BCUT2D eigenvalue weighted by atomic mass is 9.85. The summed E-state index contributed by atoms with van der Waals surface area (Å²) >= 11 is 7.16. The van der Waals surface area contributed by atoms with Gasteiger partial charge in [0.05, 0.1) is 15.2 Å². The third-order valence-corrected chi connectivity index (χ3v) is 7.49. The van der Waals surface area contributed by atoms with Gasteiger partial charge in [0.1, 0.15) is 12.4 Å². The Balaban J connectivity index is 1.30. The van der Waals surface area contributed by atoms with Crippen molar-refractivity contribution in [3.8, 4) is 5.75 Å². The van der Waals surface area contributed by atoms with Crippen LogP contribution in [0.3, 0.4) is 0 Å². The van der Waals surface area contributed by atoms with Crippen molar-refractivity contribution >= 4 is 54.8 Å². The molecular formula is C32H24Br2N2O3. The zero-order valence-electron chi connectivity index (χ0n) is 20.7. The van der Waals surface area contributed by atoms with Crippen molar-refractivity contribution in [2.24, 2.45) is 5.10 Å². The molecule has 1 amide bonds. The zero-order chi connectivity index (χ0) is 27.2. The van der Waals surface area contributed by atoms with E-state index in [4.69, 9.17) is 4.74 Å². The summed E-state index contributed by atoms with van der Waals surface area (Å²) in [7, 11) is 0. The molecule has 0 fully saturated rings. The fraction of sp³-hybridized carbons (Fsp3) is 0.0625. The molecule has 5 aromatic rings. The topological polar surface area (TPSA) is 70.9 Å². The number of hydrogen-bond acceptors (Lipinski definition) is 4. The van der Waals surface area contributed by atoms with E-state index < -0.39 is 11.5 Å². The van der Waals surface area contributed by atoms with Gasteiger partial charge >= 0.3 is 0 Å². The molecule has 5 nitrogen and oxygen atoms in total. The van der Waals surface area contributed by atoms with Crippen LogP contribution >= 0.6 is 31.9 Å². The third kappa shape index (κ3) is 5.96. The van der Waals surface area contributed by atoms with Crippen molar-refractivity contribution in [2.75, 3.05) is 0 Å². The second-order valence-electron chi connectivity index (χ2n) is 8.93. The number of carbonyl (C=O) groups is 1. The summed E-state index contributed by atoms with van der Waals surface area (Å²) in [5.74, 6) is -0.00325. The number of amides is 1. The highest BCUT2D eigenvalue weighted by molar-refractivity contribution is 9.11. The molecule has 5 aromatic carbocycles. The number of ether oxygens (including phenoxy) is 1. The molecule has 0 atom stereocenters. The maximum absolute atomic E-state index is 13.2. The molecular weight excluding hydrogens is 620 g/mol. The number of hydrazone groups is 1. The highest BCUT2D eigenvalue weighted by atomic mass is 79.9. The Morgan fingerprint density at radius 1 is 0.795 bits per heavy atom. The van der Waals surface area contributed by atoms with Crippen molar-refractivity contribution in [3.05, 3.63) is 146 Å². The van der Waals surface area contributed by atoms with Crippen LogP contribution in [-0.4, -0.2) is 17.2 Å². The molecule has 0 radical (unpaired) electrons. The number of aliphatic hydroxyl groups is 1. The molecule has 0 aliphatic rings. The lowest BCUT2D eigenvalue weighted by Gasteiger charge is -2.27. The minimum Gasteiger partial charge on any atom is -0.487 e. The molecule has 2 N–H and O–H groups in total. The first kappa shape index (κ1) is 26.8. The normalized spacial score (nSPS) is 11.6. The molecule has 0 saturated carbocycles. The molecule has 0 heterocycles. The molecule has 194 valence electrons. The summed E-state index contributed by atoms with van der Waals surface area (Å²) in [6.07, 6.45) is 1.51. The van der Waals surface area contributed by atoms with E-state index in [1.54, 1.807) is 48.5 Å². The summed E-state index contributed by atoms with van der Waals surface area (Å²) in [6.45, 7) is 0.406. The van der Waals surface area contributed by atoms with Gasteiger partial charge in [-0.25, -0.2) is 5.43 Å². The van der Waals surface area contributed by atoms with Gasteiger partial charge in [0.15, 0.2) is 5.60 Å². The van der Waals surface area contributed by atoms with Gasteiger partial charge in [-0.05, 0) is 83.1 Å². The number of benzene rings is 5. The van der Waals surface area contributed by atoms with Gasteiger partial charge in [-0.1, -0.05) is 97.1 Å². The van der Waals surface area contributed by atoms with E-state index in [-0.39, 0.29) is 0 Å². The highest BCUT2D eigenvalue weighted by Gasteiger charge is 2.39. The SMILES string of the molecule is O=C(N/N=C/c1cc(Br)c(OCc2ccc3ccccc3c2)c(Br)c1)C(O)(c1ccccc1)c1ccccc1. The summed E-state index contributed by atoms with van der Waals surface area (Å²) in [5, 5.41) is 18.0. The smallest absolute Gasteiger partial charge is 0.281 e. The second-order valence-corrected chi connectivity index (χ2v) is 10.6. The van der Waals surface area contributed by atoms with Crippen molar-refractivity contribution < 1.29 is 14.6 Å². The quantitative estimate of drug-likeness (QED) is 0.137. The molecule has 5 rings (SSSR count). The van der Waals surface area contributed by atoms with E-state index in [1.165, 1.54) is 11.6 Å². The van der Waals surface area contributed by atoms with E-state index in [2.05, 4.69) is 72.7 Å². The standard InChI is InChI=1S/C32H24Br2N2O3/c33-28-18-23(19-29(34)30(28)39-21-22-15-16-24-9-7-8-10-25(24)17-22)20-35-36-31(37)32(38,26-11-3-1-4-12-26)27-13-5-2-6-14-27/h1-20,38H,21H2,(H,36,37)/b35-20+. The van der Waals surface area contributed by atoms with Crippen LogP contribution in [0.5, 0.6) is 5.75 Å². The predicted octanol–water partition coefficient (Wildman–Crippen LogP) is 7.33. The van der Waals surface area contributed by atoms with E-state index in [0.717, 1.165) is 25.5 Å². The maximum Gasteiger partial charge on any atom is 0.281 e. The molecule has 0 aliphatic carbocycles. The van der Waals surface area contributed by atoms with Crippen molar-refractivity contribution in [1.82, 2.24) is 5.43 Å². The first-order valence-corrected chi connectivity index (χ1v) is 13.8. The Kier molecular flexibility index (Phi) is 8.21. The molecule has 7 heteroatoms. The molecule has 0 saturated heterocycles. The van der Waals surface area contributed by atoms with Crippen LogP contribution in [0.15, 0.2) is 129 Å². The second kappa shape index (κ2) is 11.9. The monoisotopic (exact) mass is 642 g/mol. The largest absolute Gasteiger partial charge is 0.487 e. The molecule has 0 aromatic heterocycles. The Labute approximate surface area is 243 Å². The van der Waals surface area contributed by atoms with Gasteiger partial charge in [-0.2, -0.15) is 5.10 Å². The minimum absolute atomic E-state index is 0.406. The van der Waals surface area contributed by atoms with Crippen LogP contribution in [0.1, 0.15) is 22.3 Å². The summed E-state index contributed by atoms with van der Waals surface area (Å²) < 4.78 is 7.57. The van der Waals surface area contributed by atoms with Crippen LogP contribution in [0, 0.1) is 0 Å². The first-order valence-electron chi connectivity index (χ1n) is 12.2. The number of nitrogens with one attached hydrogen (secondary N) is 1. The molecule has 0 spiro atoms. The first-order chi connectivity index (χ1) is 18.9. The maximum atomic E-state index is 13.2. The van der Waals surface area contributed by atoms with Gasteiger partial charge < -0.3 is 9.84 Å². The van der Waals surface area contributed by atoms with E-state index in [0.29, 0.717) is 23.5 Å². The third-order valence-electron chi connectivity index (χ3n) is 6.31. The van der Waals surface area contributed by atoms with Crippen LogP contribution in [0.4, 0.5) is 0 Å². The molecule has 0 unspecified atom stereocenters. The average Bonchev–Trinajstić information content (AvgIpc) is 2.97. The van der Waals surface area contributed by atoms with Crippen LogP contribution in [0.25, 0.3) is 10.8 Å². The summed E-state index contributed by atoms with van der Waals surface area (Å²) in [6, 6.07) is 35.8. The van der Waals surface area contributed by atoms with Crippen LogP contribution < -0.4 is 10.2 Å². The lowest BCUT2D eigenvalue weighted by Crippen LogP contribution is -2.43. The van der Waals surface area contributed by atoms with Gasteiger partial charge in [-0.3, -0.25) is 4.79 Å². The van der Waals surface area contributed by atoms with Gasteiger partial charge in [-0.15, -0.1) is 0 Å². The van der Waals surface area contributed by atoms with Crippen molar-refractivity contribution in [1.29, 1.82) is 0 Å². The number of carbonyl (C=O) groups excluding carboxylic acids is 1. The Hall–Kier alpha value is -3.78. The van der Waals surface area contributed by atoms with Gasteiger partial charge in [0, 0.05) is 0 Å². The zero-order valence-corrected chi connectivity index (χ0v) is 23.9. The van der Waals surface area contributed by atoms with Gasteiger partial charge in [0.2, 0.25) is 0 Å². The van der Waals surface area contributed by atoms with Crippen molar-refractivity contribution in [3.63, 3.8) is 0 Å². The molecule has 0 bridgehead atoms. The fourth-order valence-corrected chi connectivity index (χ4v) is 5.76. The number of fused-ring (bicyclic) bond motifs is 1. The van der Waals surface area contributed by atoms with Crippen molar-refractivity contribution in [2.45, 2.75) is 12.2 Å². The molecule has 39 heavy (non-hydrogen) atoms. The lowest BCUT2D eigenvalue weighted by molar-refractivity contribution is -0.136. The average molecular weight is 644 g/mol.